The van der Waals surface area contributed by atoms with E-state index in [1.807, 2.05) is 25.2 Å². The molecule has 0 saturated carbocycles. The maximum atomic E-state index is 10.2. The highest BCUT2D eigenvalue weighted by atomic mass is 32.2. The van der Waals surface area contributed by atoms with Gasteiger partial charge in [-0.2, -0.15) is 0 Å². The van der Waals surface area contributed by atoms with E-state index >= 15 is 0 Å². The number of nitrogens with zero attached hydrogens (tertiary/aromatic N) is 5. The summed E-state index contributed by atoms with van der Waals surface area (Å²) in [6.45, 7) is 6.49. The minimum Gasteiger partial charge on any atom is -0.391 e. The molecule has 0 radical (unpaired) electrons. The molecule has 6 nitrogen and oxygen atoms in total. The molecular weight excluding hydrogens is 310 g/mol. The van der Waals surface area contributed by atoms with Gasteiger partial charge in [-0.15, -0.1) is 5.10 Å². The fourth-order valence-corrected chi connectivity index (χ4v) is 3.10. The smallest absolute Gasteiger partial charge is 0.209 e. The molecule has 1 atom stereocenters. The van der Waals surface area contributed by atoms with E-state index in [4.69, 9.17) is 0 Å². The molecule has 0 amide bonds. The molecule has 1 aromatic carbocycles. The van der Waals surface area contributed by atoms with E-state index < -0.39 is 6.10 Å². The van der Waals surface area contributed by atoms with E-state index in [-0.39, 0.29) is 0 Å². The molecule has 1 N–H and O–H groups in total. The zero-order chi connectivity index (χ0) is 16.7. The third kappa shape index (κ3) is 6.29. The summed E-state index contributed by atoms with van der Waals surface area (Å²) >= 11 is 1.50. The van der Waals surface area contributed by atoms with E-state index in [2.05, 4.69) is 46.4 Å². The number of likely N-dealkylation sites (N-methyl/N-ethyl adjacent to an activating group) is 1. The molecule has 0 fully saturated rings. The summed E-state index contributed by atoms with van der Waals surface area (Å²) in [5.74, 6) is 1.07. The minimum absolute atomic E-state index is 0.419. The number of aliphatic hydroxyl groups excluding tert-OH is 1. The summed E-state index contributed by atoms with van der Waals surface area (Å²) in [6, 6.07) is 10.3. The average molecular weight is 335 g/mol. The van der Waals surface area contributed by atoms with E-state index in [0.29, 0.717) is 18.2 Å². The molecule has 126 valence electrons. The van der Waals surface area contributed by atoms with Crippen molar-refractivity contribution in [2.24, 2.45) is 5.92 Å². The second-order valence-electron chi connectivity index (χ2n) is 6.18. The van der Waals surface area contributed by atoms with E-state index in [1.54, 1.807) is 4.68 Å². The summed E-state index contributed by atoms with van der Waals surface area (Å²) in [5, 5.41) is 22.7. The lowest BCUT2D eigenvalue weighted by Gasteiger charge is -2.20. The van der Waals surface area contributed by atoms with Crippen molar-refractivity contribution in [3.05, 3.63) is 35.9 Å². The Morgan fingerprint density at radius 2 is 2.00 bits per heavy atom. The summed E-state index contributed by atoms with van der Waals surface area (Å²) in [5.41, 5.74) is 1.25. The lowest BCUT2D eigenvalue weighted by Crippen LogP contribution is -2.30. The van der Waals surface area contributed by atoms with Gasteiger partial charge in [-0.1, -0.05) is 55.9 Å². The molecule has 0 aliphatic carbocycles. The Balaban J connectivity index is 1.76. The van der Waals surface area contributed by atoms with Crippen molar-refractivity contribution >= 4 is 11.8 Å². The third-order valence-corrected chi connectivity index (χ3v) is 4.36. The van der Waals surface area contributed by atoms with Crippen LogP contribution in [-0.4, -0.2) is 55.7 Å². The number of hydrogen-bond acceptors (Lipinski definition) is 6. The van der Waals surface area contributed by atoms with Crippen LogP contribution < -0.4 is 0 Å². The number of hydrogen-bond donors (Lipinski definition) is 1. The topological polar surface area (TPSA) is 67.1 Å². The van der Waals surface area contributed by atoms with Gasteiger partial charge in [0.15, 0.2) is 0 Å². The van der Waals surface area contributed by atoms with E-state index in [1.165, 1.54) is 17.3 Å². The molecule has 2 rings (SSSR count). The molecule has 1 heterocycles. The lowest BCUT2D eigenvalue weighted by molar-refractivity contribution is 0.142. The van der Waals surface area contributed by atoms with Gasteiger partial charge < -0.3 is 5.11 Å². The van der Waals surface area contributed by atoms with Crippen LogP contribution in [0.25, 0.3) is 0 Å². The molecule has 23 heavy (non-hydrogen) atoms. The van der Waals surface area contributed by atoms with Crippen LogP contribution in [0.2, 0.25) is 0 Å². The Bertz CT molecular complexity index is 575. The van der Waals surface area contributed by atoms with Crippen molar-refractivity contribution in [1.82, 2.24) is 25.1 Å². The van der Waals surface area contributed by atoms with Crippen molar-refractivity contribution in [3.8, 4) is 0 Å². The van der Waals surface area contributed by atoms with Gasteiger partial charge >= 0.3 is 0 Å². The predicted octanol–water partition coefficient (Wildman–Crippen LogP) is 1.91. The monoisotopic (exact) mass is 335 g/mol. The Kier molecular flexibility index (Phi) is 7.01. The summed E-state index contributed by atoms with van der Waals surface area (Å²) in [6.07, 6.45) is -0.419. The molecule has 7 heteroatoms. The van der Waals surface area contributed by atoms with Gasteiger partial charge in [0, 0.05) is 25.4 Å². The minimum atomic E-state index is -0.419. The number of aliphatic hydroxyl groups is 1. The van der Waals surface area contributed by atoms with Crippen molar-refractivity contribution in [1.29, 1.82) is 0 Å². The van der Waals surface area contributed by atoms with Gasteiger partial charge in [0.25, 0.3) is 0 Å². The van der Waals surface area contributed by atoms with Crippen molar-refractivity contribution in [2.75, 3.05) is 19.3 Å². The zero-order valence-corrected chi connectivity index (χ0v) is 14.8. The summed E-state index contributed by atoms with van der Waals surface area (Å²) in [4.78, 5) is 2.12. The van der Waals surface area contributed by atoms with Crippen molar-refractivity contribution < 1.29 is 5.11 Å². The van der Waals surface area contributed by atoms with Gasteiger partial charge in [-0.25, -0.2) is 4.68 Å². The first-order chi connectivity index (χ1) is 11.0. The highest BCUT2D eigenvalue weighted by molar-refractivity contribution is 7.99. The first-order valence-corrected chi connectivity index (χ1v) is 8.82. The van der Waals surface area contributed by atoms with Crippen LogP contribution in [0.3, 0.4) is 0 Å². The number of aromatic nitrogens is 4. The highest BCUT2D eigenvalue weighted by Gasteiger charge is 2.13. The predicted molar refractivity (Wildman–Crippen MR) is 92.2 cm³/mol. The van der Waals surface area contributed by atoms with E-state index in [0.717, 1.165) is 18.2 Å². The van der Waals surface area contributed by atoms with Gasteiger partial charge in [-0.05, 0) is 29.0 Å². The molecule has 2 aromatic rings. The van der Waals surface area contributed by atoms with Crippen LogP contribution >= 0.6 is 11.8 Å². The molecule has 0 aliphatic heterocycles. The fourth-order valence-electron chi connectivity index (χ4n) is 2.30. The first-order valence-electron chi connectivity index (χ1n) is 7.84. The normalized spacial score (nSPS) is 13.0. The molecule has 0 spiro atoms. The third-order valence-electron chi connectivity index (χ3n) is 3.26. The van der Waals surface area contributed by atoms with E-state index in [9.17, 15) is 5.11 Å². The molecule has 0 aliphatic rings. The second-order valence-corrected chi connectivity index (χ2v) is 7.17. The van der Waals surface area contributed by atoms with Crippen LogP contribution in [0.4, 0.5) is 0 Å². The molecule has 1 unspecified atom stereocenters. The van der Waals surface area contributed by atoms with Gasteiger partial charge in [0.1, 0.15) is 0 Å². The van der Waals surface area contributed by atoms with Crippen LogP contribution in [0, 0.1) is 5.92 Å². The number of rotatable bonds is 9. The standard InChI is InChI=1S/C16H25N5OS/c1-13(2)9-21-16(17-18-19-21)23-12-15(22)11-20(3)10-14-7-5-4-6-8-14/h4-8,13,15,22H,9-12H2,1-3H3. The Hall–Kier alpha value is -1.44. The van der Waals surface area contributed by atoms with Gasteiger partial charge in [-0.3, -0.25) is 4.90 Å². The van der Waals surface area contributed by atoms with Crippen LogP contribution in [-0.2, 0) is 13.1 Å². The Morgan fingerprint density at radius 1 is 1.26 bits per heavy atom. The molecule has 1 aromatic heterocycles. The molecule has 0 saturated heterocycles. The van der Waals surface area contributed by atoms with Gasteiger partial charge in [0.2, 0.25) is 5.16 Å². The zero-order valence-electron chi connectivity index (χ0n) is 14.0. The maximum absolute atomic E-state index is 10.2. The molecule has 0 bridgehead atoms. The quantitative estimate of drug-likeness (QED) is 0.706. The highest BCUT2D eigenvalue weighted by Crippen LogP contribution is 2.16. The van der Waals surface area contributed by atoms with Crippen LogP contribution in [0.1, 0.15) is 19.4 Å². The van der Waals surface area contributed by atoms with Crippen LogP contribution in [0.15, 0.2) is 35.5 Å². The molecular formula is C16H25N5OS. The number of thioether (sulfide) groups is 1. The maximum Gasteiger partial charge on any atom is 0.209 e. The van der Waals surface area contributed by atoms with Gasteiger partial charge in [0.05, 0.1) is 6.10 Å². The average Bonchev–Trinajstić information content (AvgIpc) is 2.92. The Morgan fingerprint density at radius 3 is 2.70 bits per heavy atom. The SMILES string of the molecule is CC(C)Cn1nnnc1SCC(O)CN(C)Cc1ccccc1. The Labute approximate surface area is 141 Å². The van der Waals surface area contributed by atoms with Crippen LogP contribution in [0.5, 0.6) is 0 Å². The number of benzene rings is 1. The largest absolute Gasteiger partial charge is 0.391 e. The summed E-state index contributed by atoms with van der Waals surface area (Å²) < 4.78 is 1.80. The number of tetrazole rings is 1. The first kappa shape index (κ1) is 17.9. The lowest BCUT2D eigenvalue weighted by atomic mass is 10.2. The fraction of sp³-hybridized carbons (Fsp3) is 0.562. The van der Waals surface area contributed by atoms with Crippen molar-refractivity contribution in [3.63, 3.8) is 0 Å². The second kappa shape index (κ2) is 9.00. The summed E-state index contributed by atoms with van der Waals surface area (Å²) in [7, 11) is 2.02. The van der Waals surface area contributed by atoms with Crippen molar-refractivity contribution in [2.45, 2.75) is 38.2 Å².